The molecule has 1 aromatic rings. The van der Waals surface area contributed by atoms with Gasteiger partial charge in [-0.05, 0) is 44.4 Å². The van der Waals surface area contributed by atoms with Crippen molar-refractivity contribution >= 4 is 15.9 Å². The quantitative estimate of drug-likeness (QED) is 0.683. The van der Waals surface area contributed by atoms with Crippen molar-refractivity contribution < 1.29 is 17.9 Å². The summed E-state index contributed by atoms with van der Waals surface area (Å²) < 4.78 is 32.2. The Kier molecular flexibility index (Phi) is 6.77. The summed E-state index contributed by atoms with van der Waals surface area (Å²) in [5.41, 5.74) is 1.02. The minimum absolute atomic E-state index is 0.0799. The molecule has 24 heavy (non-hydrogen) atoms. The van der Waals surface area contributed by atoms with Gasteiger partial charge in [-0.3, -0.25) is 4.79 Å². The van der Waals surface area contributed by atoms with E-state index in [4.69, 9.17) is 4.74 Å². The average Bonchev–Trinajstić information content (AvgIpc) is 2.95. The van der Waals surface area contributed by atoms with Crippen molar-refractivity contribution in [3.05, 3.63) is 29.8 Å². The highest BCUT2D eigenvalue weighted by Gasteiger charge is 2.19. The largest absolute Gasteiger partial charge is 0.377 e. The number of carbonyl (C=O) groups excluding carboxylic acids is 1. The molecule has 1 saturated heterocycles. The number of sulfonamides is 1. The fourth-order valence-electron chi connectivity index (χ4n) is 2.59. The summed E-state index contributed by atoms with van der Waals surface area (Å²) in [6.45, 7) is 5.92. The molecular formula is C17H26N2O4S. The molecule has 134 valence electrons. The zero-order chi connectivity index (χ0) is 17.6. The Morgan fingerprint density at radius 3 is 2.54 bits per heavy atom. The topological polar surface area (TPSA) is 75.7 Å². The third kappa shape index (κ3) is 5.58. The lowest BCUT2D eigenvalue weighted by atomic mass is 10.1. The number of rotatable bonds is 9. The normalized spacial score (nSPS) is 15.5. The van der Waals surface area contributed by atoms with E-state index in [2.05, 4.69) is 4.72 Å². The fourth-order valence-corrected chi connectivity index (χ4v) is 3.61. The lowest BCUT2D eigenvalue weighted by Crippen LogP contribution is -2.28. The zero-order valence-electron chi connectivity index (χ0n) is 14.3. The summed E-state index contributed by atoms with van der Waals surface area (Å²) in [5, 5.41) is 0. The van der Waals surface area contributed by atoms with Gasteiger partial charge in [0.05, 0.1) is 17.6 Å². The molecule has 7 heteroatoms. The summed E-state index contributed by atoms with van der Waals surface area (Å²) in [7, 11) is -3.51. The van der Waals surface area contributed by atoms with E-state index in [1.54, 1.807) is 24.3 Å². The van der Waals surface area contributed by atoms with Crippen LogP contribution in [0.25, 0.3) is 0 Å². The summed E-state index contributed by atoms with van der Waals surface area (Å²) in [5.74, 6) is 0.210. The first-order valence-corrected chi connectivity index (χ1v) is 9.85. The monoisotopic (exact) mass is 354 g/mol. The van der Waals surface area contributed by atoms with Gasteiger partial charge < -0.3 is 9.64 Å². The molecular weight excluding hydrogens is 328 g/mol. The van der Waals surface area contributed by atoms with Gasteiger partial charge in [-0.2, -0.15) is 0 Å². The molecule has 1 N–H and O–H groups in total. The molecule has 0 aliphatic carbocycles. The van der Waals surface area contributed by atoms with Crippen molar-refractivity contribution in [1.29, 1.82) is 0 Å². The van der Waals surface area contributed by atoms with E-state index in [-0.39, 0.29) is 23.5 Å². The van der Waals surface area contributed by atoms with Crippen LogP contribution in [0.15, 0.2) is 29.2 Å². The molecule has 0 radical (unpaired) electrons. The highest BCUT2D eigenvalue weighted by Crippen LogP contribution is 2.13. The molecule has 0 spiro atoms. The van der Waals surface area contributed by atoms with Crippen LogP contribution in [0, 0.1) is 0 Å². The first kappa shape index (κ1) is 18.9. The molecule has 0 bridgehead atoms. The third-order valence-electron chi connectivity index (χ3n) is 3.92. The fraction of sp³-hybridized carbons (Fsp3) is 0.588. The average molecular weight is 354 g/mol. The van der Waals surface area contributed by atoms with Crippen LogP contribution in [0.5, 0.6) is 0 Å². The second kappa shape index (κ2) is 8.60. The SMILES string of the molecule is CC(C)OCCNS(=O)(=O)c1ccc(CCN2CCCC2=O)cc1. The predicted octanol–water partition coefficient (Wildman–Crippen LogP) is 1.55. The van der Waals surface area contributed by atoms with E-state index in [9.17, 15) is 13.2 Å². The molecule has 0 unspecified atom stereocenters. The lowest BCUT2D eigenvalue weighted by Gasteiger charge is -2.15. The Hall–Kier alpha value is -1.44. The van der Waals surface area contributed by atoms with Gasteiger partial charge >= 0.3 is 0 Å². The molecule has 1 fully saturated rings. The molecule has 1 aromatic carbocycles. The maximum atomic E-state index is 12.2. The summed E-state index contributed by atoms with van der Waals surface area (Å²) in [6.07, 6.45) is 2.39. The van der Waals surface area contributed by atoms with Crippen LogP contribution in [0.4, 0.5) is 0 Å². The van der Waals surface area contributed by atoms with Crippen molar-refractivity contribution in [3.8, 4) is 0 Å². The van der Waals surface area contributed by atoms with Crippen molar-refractivity contribution in [3.63, 3.8) is 0 Å². The first-order chi connectivity index (χ1) is 11.4. The summed E-state index contributed by atoms with van der Waals surface area (Å²) in [4.78, 5) is 13.7. The van der Waals surface area contributed by atoms with Crippen molar-refractivity contribution in [2.45, 2.75) is 44.1 Å². The van der Waals surface area contributed by atoms with Crippen LogP contribution in [-0.2, 0) is 26.0 Å². The number of carbonyl (C=O) groups is 1. The molecule has 1 amide bonds. The van der Waals surface area contributed by atoms with Gasteiger partial charge in [0.2, 0.25) is 15.9 Å². The van der Waals surface area contributed by atoms with Gasteiger partial charge in [-0.25, -0.2) is 13.1 Å². The Bertz CT molecular complexity index is 641. The molecule has 1 heterocycles. The summed E-state index contributed by atoms with van der Waals surface area (Å²) >= 11 is 0. The van der Waals surface area contributed by atoms with E-state index < -0.39 is 10.0 Å². The van der Waals surface area contributed by atoms with Crippen molar-refractivity contribution in [1.82, 2.24) is 9.62 Å². The number of ether oxygens (including phenoxy) is 1. The minimum atomic E-state index is -3.51. The van der Waals surface area contributed by atoms with Crippen LogP contribution < -0.4 is 4.72 Å². The molecule has 0 atom stereocenters. The molecule has 1 aliphatic rings. The third-order valence-corrected chi connectivity index (χ3v) is 5.40. The van der Waals surface area contributed by atoms with Gasteiger partial charge in [-0.1, -0.05) is 12.1 Å². The van der Waals surface area contributed by atoms with Crippen LogP contribution in [-0.4, -0.2) is 51.6 Å². The Balaban J connectivity index is 1.84. The first-order valence-electron chi connectivity index (χ1n) is 8.36. The lowest BCUT2D eigenvalue weighted by molar-refractivity contribution is -0.127. The van der Waals surface area contributed by atoms with E-state index in [0.717, 1.165) is 24.9 Å². The van der Waals surface area contributed by atoms with Crippen LogP contribution in [0.1, 0.15) is 32.3 Å². The van der Waals surface area contributed by atoms with E-state index in [1.807, 2.05) is 18.7 Å². The maximum absolute atomic E-state index is 12.2. The highest BCUT2D eigenvalue weighted by atomic mass is 32.2. The van der Waals surface area contributed by atoms with E-state index >= 15 is 0 Å². The van der Waals surface area contributed by atoms with Gasteiger partial charge in [0.25, 0.3) is 0 Å². The Labute approximate surface area is 144 Å². The number of benzene rings is 1. The molecule has 2 rings (SSSR count). The number of amides is 1. The standard InChI is InChI=1S/C17H26N2O4S/c1-14(2)23-13-10-18-24(21,22)16-7-5-15(6-8-16)9-12-19-11-3-4-17(19)20/h5-8,14,18H,3-4,9-13H2,1-2H3. The second-order valence-electron chi connectivity index (χ2n) is 6.20. The van der Waals surface area contributed by atoms with Gasteiger partial charge in [0.15, 0.2) is 0 Å². The smallest absolute Gasteiger partial charge is 0.240 e. The number of nitrogens with one attached hydrogen (secondary N) is 1. The van der Waals surface area contributed by atoms with Crippen LogP contribution in [0.2, 0.25) is 0 Å². The predicted molar refractivity (Wildman–Crippen MR) is 92.2 cm³/mol. The van der Waals surface area contributed by atoms with Gasteiger partial charge in [-0.15, -0.1) is 0 Å². The highest BCUT2D eigenvalue weighted by molar-refractivity contribution is 7.89. The molecule has 0 saturated carbocycles. The number of hydrogen-bond acceptors (Lipinski definition) is 4. The van der Waals surface area contributed by atoms with E-state index in [0.29, 0.717) is 19.6 Å². The van der Waals surface area contributed by atoms with E-state index in [1.165, 1.54) is 0 Å². The minimum Gasteiger partial charge on any atom is -0.377 e. The van der Waals surface area contributed by atoms with Gasteiger partial charge in [0, 0.05) is 26.1 Å². The van der Waals surface area contributed by atoms with Crippen molar-refractivity contribution in [2.24, 2.45) is 0 Å². The second-order valence-corrected chi connectivity index (χ2v) is 7.96. The number of nitrogens with zero attached hydrogens (tertiary/aromatic N) is 1. The molecule has 6 nitrogen and oxygen atoms in total. The summed E-state index contributed by atoms with van der Waals surface area (Å²) in [6, 6.07) is 6.82. The van der Waals surface area contributed by atoms with Crippen LogP contribution >= 0.6 is 0 Å². The Morgan fingerprint density at radius 1 is 1.25 bits per heavy atom. The number of hydrogen-bond donors (Lipinski definition) is 1. The zero-order valence-corrected chi connectivity index (χ0v) is 15.1. The maximum Gasteiger partial charge on any atom is 0.240 e. The molecule has 0 aromatic heterocycles. The number of likely N-dealkylation sites (tertiary alicyclic amines) is 1. The van der Waals surface area contributed by atoms with Gasteiger partial charge in [0.1, 0.15) is 0 Å². The van der Waals surface area contributed by atoms with Crippen molar-refractivity contribution in [2.75, 3.05) is 26.2 Å². The Morgan fingerprint density at radius 2 is 1.96 bits per heavy atom. The van der Waals surface area contributed by atoms with Crippen LogP contribution in [0.3, 0.4) is 0 Å². The molecule has 1 aliphatic heterocycles.